The lowest BCUT2D eigenvalue weighted by Crippen LogP contribution is -2.40. The highest BCUT2D eigenvalue weighted by Crippen LogP contribution is 2.25. The Morgan fingerprint density at radius 3 is 2.62 bits per heavy atom. The minimum atomic E-state index is -0.123. The second kappa shape index (κ2) is 10.1. The van der Waals surface area contributed by atoms with Gasteiger partial charge in [-0.05, 0) is 74.9 Å². The van der Waals surface area contributed by atoms with E-state index in [-0.39, 0.29) is 11.9 Å². The Labute approximate surface area is 192 Å². The molecule has 3 aromatic rings. The second-order valence-electron chi connectivity index (χ2n) is 7.68. The summed E-state index contributed by atoms with van der Waals surface area (Å²) in [5.74, 6) is 1.28. The van der Waals surface area contributed by atoms with Crippen LogP contribution in [0.25, 0.3) is 17.1 Å². The summed E-state index contributed by atoms with van der Waals surface area (Å²) in [4.78, 5) is 18.6. The maximum atomic E-state index is 12.2. The van der Waals surface area contributed by atoms with Crippen molar-refractivity contribution in [3.8, 4) is 22.8 Å². The van der Waals surface area contributed by atoms with Gasteiger partial charge in [0.2, 0.25) is 4.77 Å². The van der Waals surface area contributed by atoms with E-state index in [2.05, 4.69) is 9.88 Å². The molecule has 1 aliphatic rings. The van der Waals surface area contributed by atoms with Gasteiger partial charge in [-0.2, -0.15) is 0 Å². The van der Waals surface area contributed by atoms with Gasteiger partial charge in [-0.15, -0.1) is 5.10 Å². The lowest BCUT2D eigenvalue weighted by atomic mass is 9.99. The van der Waals surface area contributed by atoms with E-state index in [4.69, 9.17) is 26.8 Å². The van der Waals surface area contributed by atoms with Gasteiger partial charge in [0.25, 0.3) is 0 Å². The lowest BCUT2D eigenvalue weighted by Gasteiger charge is -2.31. The lowest BCUT2D eigenvalue weighted by molar-refractivity contribution is -0.150. The molecule has 0 amide bonds. The molecule has 8 nitrogen and oxygen atoms in total. The molecule has 9 heteroatoms. The zero-order valence-corrected chi connectivity index (χ0v) is 19.1. The van der Waals surface area contributed by atoms with Gasteiger partial charge in [0, 0.05) is 24.5 Å². The van der Waals surface area contributed by atoms with Crippen molar-refractivity contribution in [1.29, 1.82) is 0 Å². The number of carbonyl (C=O) groups excluding carboxylic acids is 1. The highest BCUT2D eigenvalue weighted by Gasteiger charge is 2.27. The summed E-state index contributed by atoms with van der Waals surface area (Å²) in [6.45, 7) is 4.28. The summed E-state index contributed by atoms with van der Waals surface area (Å²) in [5.41, 5.74) is 1.82. The van der Waals surface area contributed by atoms with Gasteiger partial charge in [0.15, 0.2) is 5.82 Å². The summed E-state index contributed by atoms with van der Waals surface area (Å²) in [7, 11) is 1.64. The molecule has 0 unspecified atom stereocenters. The normalized spacial score (nSPS) is 16.6. The Morgan fingerprint density at radius 1 is 1.19 bits per heavy atom. The first kappa shape index (κ1) is 22.2. The first-order valence-electron chi connectivity index (χ1n) is 10.7. The molecule has 0 N–H and O–H groups in total. The van der Waals surface area contributed by atoms with Crippen molar-refractivity contribution in [3.63, 3.8) is 0 Å². The average molecular weight is 454 g/mol. The molecule has 1 aromatic carbocycles. The fraction of sp³-hybridized carbons (Fsp3) is 0.391. The molecule has 1 fully saturated rings. The molecule has 1 saturated heterocycles. The van der Waals surface area contributed by atoms with Gasteiger partial charge in [0.05, 0.1) is 32.0 Å². The number of hydrogen-bond donors (Lipinski definition) is 0. The van der Waals surface area contributed by atoms with E-state index in [1.54, 1.807) is 19.5 Å². The van der Waals surface area contributed by atoms with Gasteiger partial charge in [-0.25, -0.2) is 4.68 Å². The minimum Gasteiger partial charge on any atom is -0.497 e. The highest BCUT2D eigenvalue weighted by atomic mass is 32.1. The molecule has 1 aliphatic heterocycles. The Kier molecular flexibility index (Phi) is 6.96. The van der Waals surface area contributed by atoms with Crippen molar-refractivity contribution in [2.75, 3.05) is 26.8 Å². The zero-order chi connectivity index (χ0) is 22.5. The van der Waals surface area contributed by atoms with Crippen LogP contribution in [-0.4, -0.2) is 57.0 Å². The van der Waals surface area contributed by atoms with Crippen LogP contribution in [-0.2, 0) is 16.2 Å². The van der Waals surface area contributed by atoms with Gasteiger partial charge in [-0.1, -0.05) is 0 Å². The van der Waals surface area contributed by atoms with Crippen molar-refractivity contribution in [1.82, 2.24) is 24.2 Å². The van der Waals surface area contributed by atoms with Gasteiger partial charge >= 0.3 is 5.97 Å². The van der Waals surface area contributed by atoms with Gasteiger partial charge in [-0.3, -0.25) is 19.2 Å². The Morgan fingerprint density at radius 2 is 1.94 bits per heavy atom. The molecule has 1 atom stereocenters. The van der Waals surface area contributed by atoms with Crippen LogP contribution in [0, 0.1) is 10.7 Å². The number of aromatic nitrogens is 4. The minimum absolute atomic E-state index is 0.110. The number of carbonyl (C=O) groups is 1. The van der Waals surface area contributed by atoms with E-state index < -0.39 is 0 Å². The summed E-state index contributed by atoms with van der Waals surface area (Å²) >= 11 is 5.85. The predicted molar refractivity (Wildman–Crippen MR) is 123 cm³/mol. The molecule has 0 aliphatic carbocycles. The number of nitrogens with zero attached hydrogens (tertiary/aromatic N) is 5. The Balaban J connectivity index is 1.67. The number of methoxy groups -OCH3 is 1. The van der Waals surface area contributed by atoms with Crippen molar-refractivity contribution in [2.45, 2.75) is 26.4 Å². The summed E-state index contributed by atoms with van der Waals surface area (Å²) in [5, 5.41) is 4.86. The first-order valence-corrected chi connectivity index (χ1v) is 11.1. The molecular formula is C23H27N5O3S. The summed E-state index contributed by atoms with van der Waals surface area (Å²) in [6, 6.07) is 11.6. The van der Waals surface area contributed by atoms with Crippen LogP contribution >= 0.6 is 12.2 Å². The van der Waals surface area contributed by atoms with E-state index in [0.717, 1.165) is 42.2 Å². The number of hydrogen-bond acceptors (Lipinski definition) is 7. The molecule has 0 bridgehead atoms. The molecule has 0 spiro atoms. The van der Waals surface area contributed by atoms with Crippen molar-refractivity contribution < 1.29 is 14.3 Å². The third-order valence-corrected chi connectivity index (χ3v) is 5.96. The third-order valence-electron chi connectivity index (χ3n) is 5.57. The number of likely N-dealkylation sites (tertiary alicyclic amines) is 1. The van der Waals surface area contributed by atoms with E-state index in [0.29, 0.717) is 24.6 Å². The smallest absolute Gasteiger partial charge is 0.310 e. The molecule has 4 rings (SSSR count). The standard InChI is InChI=1S/C23H27N5O3S/c1-3-31-22(29)18-5-4-14-26(15-18)16-27-23(32)28(19-6-8-20(30-2)9-7-19)21(25-27)17-10-12-24-13-11-17/h6-13,18H,3-5,14-16H2,1-2H3/t18-/m1/s1. The number of esters is 1. The molecule has 0 radical (unpaired) electrons. The highest BCUT2D eigenvalue weighted by molar-refractivity contribution is 7.71. The largest absolute Gasteiger partial charge is 0.497 e. The van der Waals surface area contributed by atoms with Crippen LogP contribution in [0.4, 0.5) is 0 Å². The van der Waals surface area contributed by atoms with E-state index in [1.165, 1.54) is 0 Å². The third kappa shape index (κ3) is 4.73. The monoisotopic (exact) mass is 453 g/mol. The first-order chi connectivity index (χ1) is 15.6. The maximum absolute atomic E-state index is 12.2. The van der Waals surface area contributed by atoms with Crippen molar-refractivity contribution in [3.05, 3.63) is 53.6 Å². The van der Waals surface area contributed by atoms with E-state index in [1.807, 2.05) is 52.6 Å². The number of pyridine rings is 1. The maximum Gasteiger partial charge on any atom is 0.310 e. The number of rotatable bonds is 7. The van der Waals surface area contributed by atoms with E-state index in [9.17, 15) is 4.79 Å². The molecule has 3 heterocycles. The van der Waals surface area contributed by atoms with Crippen LogP contribution in [0.5, 0.6) is 5.75 Å². The van der Waals surface area contributed by atoms with Crippen LogP contribution in [0.1, 0.15) is 19.8 Å². The van der Waals surface area contributed by atoms with Crippen LogP contribution in [0.3, 0.4) is 0 Å². The quantitative estimate of drug-likeness (QED) is 0.399. The van der Waals surface area contributed by atoms with Gasteiger partial charge < -0.3 is 9.47 Å². The second-order valence-corrected chi connectivity index (χ2v) is 8.05. The summed E-state index contributed by atoms with van der Waals surface area (Å²) in [6.07, 6.45) is 5.27. The van der Waals surface area contributed by atoms with Gasteiger partial charge in [0.1, 0.15) is 5.75 Å². The molecule has 2 aromatic heterocycles. The fourth-order valence-electron chi connectivity index (χ4n) is 3.98. The Hall–Kier alpha value is -3.04. The fourth-order valence-corrected chi connectivity index (χ4v) is 4.27. The zero-order valence-electron chi connectivity index (χ0n) is 18.3. The Bertz CT molecular complexity index is 1110. The predicted octanol–water partition coefficient (Wildman–Crippen LogP) is 3.71. The van der Waals surface area contributed by atoms with Crippen LogP contribution in [0.2, 0.25) is 0 Å². The van der Waals surface area contributed by atoms with Crippen LogP contribution in [0.15, 0.2) is 48.8 Å². The van der Waals surface area contributed by atoms with E-state index >= 15 is 0 Å². The number of ether oxygens (including phenoxy) is 2. The summed E-state index contributed by atoms with van der Waals surface area (Å²) < 4.78 is 14.9. The van der Waals surface area contributed by atoms with Crippen molar-refractivity contribution in [2.24, 2.45) is 5.92 Å². The number of benzene rings is 1. The van der Waals surface area contributed by atoms with Crippen LogP contribution < -0.4 is 4.74 Å². The number of piperidine rings is 1. The molecule has 168 valence electrons. The average Bonchev–Trinajstić information content (AvgIpc) is 3.16. The molecule has 32 heavy (non-hydrogen) atoms. The molecular weight excluding hydrogens is 426 g/mol. The van der Waals surface area contributed by atoms with Crippen molar-refractivity contribution >= 4 is 18.2 Å². The molecule has 0 saturated carbocycles. The SMILES string of the molecule is CCOC(=O)[C@@H]1CCCN(Cn2nc(-c3ccncc3)n(-c3ccc(OC)cc3)c2=S)C1. The topological polar surface area (TPSA) is 74.4 Å².